The molecule has 0 atom stereocenters. The Morgan fingerprint density at radius 1 is 1.05 bits per heavy atom. The highest BCUT2D eigenvalue weighted by atomic mass is 16.5. The molecule has 1 fully saturated rings. The van der Waals surface area contributed by atoms with Gasteiger partial charge in [0.2, 0.25) is 11.8 Å². The molecule has 0 bridgehead atoms. The molecule has 1 saturated heterocycles. The van der Waals surface area contributed by atoms with Gasteiger partial charge in [-0.3, -0.25) is 19.3 Å². The van der Waals surface area contributed by atoms with E-state index >= 15 is 0 Å². The molecule has 0 radical (unpaired) electrons. The summed E-state index contributed by atoms with van der Waals surface area (Å²) in [5, 5.41) is 0. The van der Waals surface area contributed by atoms with E-state index in [0.29, 0.717) is 26.2 Å². The quantitative estimate of drug-likeness (QED) is 0.644. The van der Waals surface area contributed by atoms with Crippen molar-refractivity contribution in [3.05, 3.63) is 0 Å². The lowest BCUT2D eigenvalue weighted by Gasteiger charge is -2.35. The highest BCUT2D eigenvalue weighted by molar-refractivity contribution is 5.80. The zero-order chi connectivity index (χ0) is 16.0. The second kappa shape index (κ2) is 7.97. The zero-order valence-electron chi connectivity index (χ0n) is 13.3. The van der Waals surface area contributed by atoms with Gasteiger partial charge >= 0.3 is 5.97 Å². The van der Waals surface area contributed by atoms with Crippen molar-refractivity contribution in [2.75, 3.05) is 46.4 Å². The van der Waals surface area contributed by atoms with Gasteiger partial charge < -0.3 is 14.5 Å². The van der Waals surface area contributed by atoms with Crippen LogP contribution in [0.2, 0.25) is 0 Å². The van der Waals surface area contributed by atoms with Gasteiger partial charge in [-0.25, -0.2) is 0 Å². The van der Waals surface area contributed by atoms with E-state index in [2.05, 4.69) is 4.74 Å². The third-order valence-corrected chi connectivity index (χ3v) is 3.71. The molecule has 1 aliphatic heterocycles. The summed E-state index contributed by atoms with van der Waals surface area (Å²) in [6.45, 7) is 7.92. The Hall–Kier alpha value is -1.63. The molecule has 0 aliphatic carbocycles. The molecule has 7 heteroatoms. The lowest BCUT2D eigenvalue weighted by molar-refractivity contribution is -0.144. The summed E-state index contributed by atoms with van der Waals surface area (Å²) in [4.78, 5) is 40.2. The largest absolute Gasteiger partial charge is 0.468 e. The summed E-state index contributed by atoms with van der Waals surface area (Å²) >= 11 is 0. The maximum absolute atomic E-state index is 12.3. The van der Waals surface area contributed by atoms with E-state index in [1.54, 1.807) is 14.7 Å². The van der Waals surface area contributed by atoms with Gasteiger partial charge in [0.25, 0.3) is 0 Å². The van der Waals surface area contributed by atoms with Crippen molar-refractivity contribution in [1.82, 2.24) is 14.7 Å². The number of piperazine rings is 1. The van der Waals surface area contributed by atoms with Gasteiger partial charge in [0, 0.05) is 39.1 Å². The van der Waals surface area contributed by atoms with Crippen LogP contribution in [-0.2, 0) is 19.1 Å². The van der Waals surface area contributed by atoms with E-state index in [0.717, 1.165) is 0 Å². The molecule has 2 amide bonds. The fourth-order valence-electron chi connectivity index (χ4n) is 2.20. The van der Waals surface area contributed by atoms with Gasteiger partial charge in [-0.15, -0.1) is 0 Å². The molecular formula is C14H25N3O4. The molecule has 0 aromatic heterocycles. The molecule has 1 aliphatic rings. The molecule has 0 unspecified atom stereocenters. The Labute approximate surface area is 125 Å². The number of rotatable bonds is 5. The Kier molecular flexibility index (Phi) is 6.61. The smallest absolute Gasteiger partial charge is 0.319 e. The van der Waals surface area contributed by atoms with Crippen LogP contribution in [0.4, 0.5) is 0 Å². The van der Waals surface area contributed by atoms with Crippen molar-refractivity contribution in [3.63, 3.8) is 0 Å². The van der Waals surface area contributed by atoms with Crippen LogP contribution in [0.1, 0.15) is 20.8 Å². The molecular weight excluding hydrogens is 274 g/mol. The van der Waals surface area contributed by atoms with Crippen molar-refractivity contribution in [2.24, 2.45) is 0 Å². The van der Waals surface area contributed by atoms with Crippen LogP contribution in [0, 0.1) is 0 Å². The summed E-state index contributed by atoms with van der Waals surface area (Å²) in [7, 11) is 1.34. The second-order valence-corrected chi connectivity index (χ2v) is 5.46. The first-order valence-electron chi connectivity index (χ1n) is 7.19. The van der Waals surface area contributed by atoms with E-state index < -0.39 is 0 Å². The molecule has 0 spiro atoms. The number of hydrogen-bond donors (Lipinski definition) is 0. The fourth-order valence-corrected chi connectivity index (χ4v) is 2.20. The van der Waals surface area contributed by atoms with E-state index in [1.807, 2.05) is 13.8 Å². The molecule has 0 N–H and O–H groups in total. The molecule has 0 saturated carbocycles. The highest BCUT2D eigenvalue weighted by Gasteiger charge is 2.25. The molecule has 7 nitrogen and oxygen atoms in total. The van der Waals surface area contributed by atoms with E-state index in [4.69, 9.17) is 0 Å². The van der Waals surface area contributed by atoms with E-state index in [9.17, 15) is 14.4 Å². The maximum atomic E-state index is 12.3. The summed E-state index contributed by atoms with van der Waals surface area (Å²) < 4.78 is 4.65. The van der Waals surface area contributed by atoms with E-state index in [-0.39, 0.29) is 36.9 Å². The molecule has 0 aromatic rings. The number of amides is 2. The van der Waals surface area contributed by atoms with Crippen LogP contribution in [0.3, 0.4) is 0 Å². The van der Waals surface area contributed by atoms with E-state index in [1.165, 1.54) is 14.0 Å². The zero-order valence-corrected chi connectivity index (χ0v) is 13.3. The first-order chi connectivity index (χ1) is 9.85. The maximum Gasteiger partial charge on any atom is 0.319 e. The van der Waals surface area contributed by atoms with Crippen molar-refractivity contribution in [2.45, 2.75) is 26.8 Å². The SMILES string of the molecule is COC(=O)CN(CC(=O)N1CCN(C(C)=O)CC1)C(C)C. The number of carbonyl (C=O) groups excluding carboxylic acids is 3. The normalized spacial score (nSPS) is 15.5. The third-order valence-electron chi connectivity index (χ3n) is 3.71. The van der Waals surface area contributed by atoms with Crippen molar-refractivity contribution in [3.8, 4) is 0 Å². The molecule has 1 heterocycles. The van der Waals surface area contributed by atoms with Crippen LogP contribution in [0.5, 0.6) is 0 Å². The lowest BCUT2D eigenvalue weighted by Crippen LogP contribution is -2.53. The van der Waals surface area contributed by atoms with Crippen LogP contribution in [0.15, 0.2) is 0 Å². The standard InChI is InChI=1S/C14H25N3O4/c1-11(2)17(10-14(20)21-4)9-13(19)16-7-5-15(6-8-16)12(3)18/h11H,5-10H2,1-4H3. The minimum absolute atomic E-state index is 0.0178. The number of methoxy groups -OCH3 is 1. The minimum Gasteiger partial charge on any atom is -0.468 e. The van der Waals surface area contributed by atoms with Crippen molar-refractivity contribution < 1.29 is 19.1 Å². The molecule has 120 valence electrons. The van der Waals surface area contributed by atoms with Gasteiger partial charge in [0.1, 0.15) is 0 Å². The predicted octanol–water partition coefficient (Wildman–Crippen LogP) is -0.439. The van der Waals surface area contributed by atoms with Crippen molar-refractivity contribution in [1.29, 1.82) is 0 Å². The van der Waals surface area contributed by atoms with Gasteiger partial charge in [0.05, 0.1) is 20.2 Å². The highest BCUT2D eigenvalue weighted by Crippen LogP contribution is 2.05. The first-order valence-corrected chi connectivity index (χ1v) is 7.19. The lowest BCUT2D eigenvalue weighted by atomic mass is 10.2. The monoisotopic (exact) mass is 299 g/mol. The average molecular weight is 299 g/mol. The summed E-state index contributed by atoms with van der Waals surface area (Å²) in [6.07, 6.45) is 0. The molecule has 21 heavy (non-hydrogen) atoms. The summed E-state index contributed by atoms with van der Waals surface area (Å²) in [6, 6.07) is 0.0755. The number of hydrogen-bond acceptors (Lipinski definition) is 5. The van der Waals surface area contributed by atoms with Crippen LogP contribution in [0.25, 0.3) is 0 Å². The number of ether oxygens (including phenoxy) is 1. The van der Waals surface area contributed by atoms with Crippen molar-refractivity contribution >= 4 is 17.8 Å². The van der Waals surface area contributed by atoms with Crippen LogP contribution < -0.4 is 0 Å². The molecule has 0 aromatic carbocycles. The fraction of sp³-hybridized carbons (Fsp3) is 0.786. The van der Waals surface area contributed by atoms with Crippen LogP contribution in [-0.4, -0.2) is 84.9 Å². The number of carbonyl (C=O) groups is 3. The Morgan fingerprint density at radius 2 is 1.57 bits per heavy atom. The molecule has 1 rings (SSSR count). The van der Waals surface area contributed by atoms with Gasteiger partial charge in [-0.05, 0) is 13.8 Å². The Bertz CT molecular complexity index is 390. The second-order valence-electron chi connectivity index (χ2n) is 5.46. The first kappa shape index (κ1) is 17.4. The number of nitrogens with zero attached hydrogens (tertiary/aromatic N) is 3. The predicted molar refractivity (Wildman–Crippen MR) is 77.6 cm³/mol. The average Bonchev–Trinajstić information content (AvgIpc) is 2.46. The third kappa shape index (κ3) is 5.34. The topological polar surface area (TPSA) is 70.2 Å². The van der Waals surface area contributed by atoms with Gasteiger partial charge in [-0.1, -0.05) is 0 Å². The number of esters is 1. The Balaban J connectivity index is 2.51. The van der Waals surface area contributed by atoms with Gasteiger partial charge in [0.15, 0.2) is 0 Å². The Morgan fingerprint density at radius 3 is 2.00 bits per heavy atom. The van der Waals surface area contributed by atoms with Crippen LogP contribution >= 0.6 is 0 Å². The minimum atomic E-state index is -0.349. The van der Waals surface area contributed by atoms with Gasteiger partial charge in [-0.2, -0.15) is 0 Å². The summed E-state index contributed by atoms with van der Waals surface area (Å²) in [5.74, 6) is -0.328. The summed E-state index contributed by atoms with van der Waals surface area (Å²) in [5.41, 5.74) is 0.